The molecule has 122 valence electrons. The third kappa shape index (κ3) is 3.01. The van der Waals surface area contributed by atoms with Gasteiger partial charge in [0.15, 0.2) is 0 Å². The summed E-state index contributed by atoms with van der Waals surface area (Å²) in [6.45, 7) is 3.90. The molecule has 5 heteroatoms. The Labute approximate surface area is 138 Å². The number of ether oxygens (including phenoxy) is 1. The Morgan fingerprint density at radius 2 is 1.92 bits per heavy atom. The van der Waals surface area contributed by atoms with Gasteiger partial charge in [-0.3, -0.25) is 5.32 Å². The largest absolute Gasteiger partial charge is 0.450 e. The van der Waals surface area contributed by atoms with E-state index >= 15 is 0 Å². The predicted molar refractivity (Wildman–Crippen MR) is 93.3 cm³/mol. The van der Waals surface area contributed by atoms with Crippen LogP contribution in [0.3, 0.4) is 0 Å². The van der Waals surface area contributed by atoms with Crippen molar-refractivity contribution < 1.29 is 13.9 Å². The Hall–Kier alpha value is -3.08. The molecule has 0 unspecified atom stereocenters. The first kappa shape index (κ1) is 15.8. The summed E-state index contributed by atoms with van der Waals surface area (Å²) in [5.74, 6) is 0. The highest BCUT2D eigenvalue weighted by molar-refractivity contribution is 5.92. The second-order valence-corrected chi connectivity index (χ2v) is 5.31. The number of anilines is 1. The summed E-state index contributed by atoms with van der Waals surface area (Å²) in [4.78, 5) is 23.9. The van der Waals surface area contributed by atoms with Gasteiger partial charge in [0, 0.05) is 17.1 Å². The first-order chi connectivity index (χ1) is 11.6. The number of rotatable bonds is 3. The van der Waals surface area contributed by atoms with Gasteiger partial charge < -0.3 is 9.15 Å². The minimum absolute atomic E-state index is 0.286. The first-order valence-electron chi connectivity index (χ1n) is 7.67. The lowest BCUT2D eigenvalue weighted by Crippen LogP contribution is -2.13. The van der Waals surface area contributed by atoms with Crippen LogP contribution in [0.2, 0.25) is 0 Å². The van der Waals surface area contributed by atoms with Crippen LogP contribution in [0.4, 0.5) is 10.5 Å². The molecule has 0 saturated heterocycles. The van der Waals surface area contributed by atoms with E-state index in [1.54, 1.807) is 19.1 Å². The Morgan fingerprint density at radius 1 is 1.17 bits per heavy atom. The Balaban J connectivity index is 2.08. The fourth-order valence-electron chi connectivity index (χ4n) is 2.66. The highest BCUT2D eigenvalue weighted by atomic mass is 16.5. The Bertz CT molecular complexity index is 945. The molecule has 0 aliphatic rings. The van der Waals surface area contributed by atoms with Gasteiger partial charge in [-0.15, -0.1) is 0 Å². The average Bonchev–Trinajstić information content (AvgIpc) is 2.55. The molecule has 2 aromatic carbocycles. The van der Waals surface area contributed by atoms with Crippen LogP contribution in [-0.4, -0.2) is 12.7 Å². The third-order valence-corrected chi connectivity index (χ3v) is 3.75. The fourth-order valence-corrected chi connectivity index (χ4v) is 2.66. The van der Waals surface area contributed by atoms with Crippen LogP contribution >= 0.6 is 0 Å². The second-order valence-electron chi connectivity index (χ2n) is 5.31. The molecule has 1 aromatic heterocycles. The van der Waals surface area contributed by atoms with E-state index in [0.717, 1.165) is 16.5 Å². The second kappa shape index (κ2) is 6.58. The maximum atomic E-state index is 12.4. The van der Waals surface area contributed by atoms with Crippen molar-refractivity contribution in [2.45, 2.75) is 13.8 Å². The molecule has 24 heavy (non-hydrogen) atoms. The van der Waals surface area contributed by atoms with Crippen LogP contribution in [0.1, 0.15) is 12.5 Å². The number of aryl methyl sites for hydroxylation is 1. The zero-order valence-electron chi connectivity index (χ0n) is 13.5. The average molecular weight is 323 g/mol. The summed E-state index contributed by atoms with van der Waals surface area (Å²) in [7, 11) is 0. The Morgan fingerprint density at radius 3 is 2.62 bits per heavy atom. The third-order valence-electron chi connectivity index (χ3n) is 3.75. The van der Waals surface area contributed by atoms with Crippen LogP contribution in [-0.2, 0) is 4.74 Å². The summed E-state index contributed by atoms with van der Waals surface area (Å²) < 4.78 is 10.3. The maximum Gasteiger partial charge on any atom is 0.411 e. The molecule has 5 nitrogen and oxygen atoms in total. The smallest absolute Gasteiger partial charge is 0.411 e. The van der Waals surface area contributed by atoms with Crippen LogP contribution in [0, 0.1) is 6.92 Å². The van der Waals surface area contributed by atoms with Crippen molar-refractivity contribution in [2.75, 3.05) is 11.9 Å². The maximum absolute atomic E-state index is 12.4. The zero-order chi connectivity index (χ0) is 17.1. The number of amides is 1. The summed E-state index contributed by atoms with van der Waals surface area (Å²) >= 11 is 0. The lowest BCUT2D eigenvalue weighted by Gasteiger charge is -2.10. The molecule has 0 aliphatic heterocycles. The highest BCUT2D eigenvalue weighted by Gasteiger charge is 2.14. The molecule has 0 radical (unpaired) electrons. The standard InChI is InChI=1S/C19H17NO4/c1-3-23-19(22)20-14-9-10-15-12(2)17(13-7-5-4-6-8-13)18(21)24-16(15)11-14/h4-11H,3H2,1-2H3,(H,20,22). The van der Waals surface area contributed by atoms with Crippen molar-refractivity contribution in [2.24, 2.45) is 0 Å². The van der Waals surface area contributed by atoms with Crippen molar-refractivity contribution >= 4 is 22.7 Å². The van der Waals surface area contributed by atoms with Gasteiger partial charge in [-0.1, -0.05) is 30.3 Å². The van der Waals surface area contributed by atoms with Gasteiger partial charge in [-0.2, -0.15) is 0 Å². The number of carbonyl (C=O) groups is 1. The van der Waals surface area contributed by atoms with Crippen molar-refractivity contribution in [3.63, 3.8) is 0 Å². The van der Waals surface area contributed by atoms with Crippen molar-refractivity contribution in [1.82, 2.24) is 0 Å². The van der Waals surface area contributed by atoms with E-state index in [0.29, 0.717) is 16.8 Å². The van der Waals surface area contributed by atoms with Crippen LogP contribution in [0.25, 0.3) is 22.1 Å². The molecule has 1 N–H and O–H groups in total. The number of carbonyl (C=O) groups excluding carboxylic acids is 1. The molecule has 1 amide bonds. The van der Waals surface area contributed by atoms with Crippen molar-refractivity contribution in [3.05, 3.63) is 64.5 Å². The Kier molecular flexibility index (Phi) is 4.33. The fraction of sp³-hybridized carbons (Fsp3) is 0.158. The summed E-state index contributed by atoms with van der Waals surface area (Å²) in [6.07, 6.45) is -0.545. The van der Waals surface area contributed by atoms with E-state index in [1.165, 1.54) is 0 Å². The predicted octanol–water partition coefficient (Wildman–Crippen LogP) is 4.34. The van der Waals surface area contributed by atoms with Gasteiger partial charge in [0.2, 0.25) is 0 Å². The van der Waals surface area contributed by atoms with E-state index in [1.807, 2.05) is 43.3 Å². The molecule has 1 heterocycles. The first-order valence-corrected chi connectivity index (χ1v) is 7.67. The van der Waals surface area contributed by atoms with Gasteiger partial charge in [-0.05, 0) is 37.1 Å². The molecule has 0 bridgehead atoms. The summed E-state index contributed by atoms with van der Waals surface area (Å²) in [5.41, 5.74) is 2.74. The number of hydrogen-bond donors (Lipinski definition) is 1. The molecule has 3 aromatic rings. The number of benzene rings is 2. The minimum atomic E-state index is -0.545. The monoisotopic (exact) mass is 323 g/mol. The summed E-state index contributed by atoms with van der Waals surface area (Å²) in [5, 5.41) is 3.42. The minimum Gasteiger partial charge on any atom is -0.450 e. The molecular weight excluding hydrogens is 306 g/mol. The van der Waals surface area contributed by atoms with Crippen LogP contribution in [0.5, 0.6) is 0 Å². The SMILES string of the molecule is CCOC(=O)Nc1ccc2c(C)c(-c3ccccc3)c(=O)oc2c1. The lowest BCUT2D eigenvalue weighted by molar-refractivity contribution is 0.168. The number of nitrogens with one attached hydrogen (secondary N) is 1. The molecule has 0 atom stereocenters. The molecule has 0 fully saturated rings. The summed E-state index contributed by atoms with van der Waals surface area (Å²) in [6, 6.07) is 14.6. The molecule has 0 spiro atoms. The van der Waals surface area contributed by atoms with Gasteiger partial charge in [-0.25, -0.2) is 9.59 Å². The van der Waals surface area contributed by atoms with Gasteiger partial charge in [0.1, 0.15) is 5.58 Å². The van der Waals surface area contributed by atoms with Crippen LogP contribution in [0.15, 0.2) is 57.7 Å². The van der Waals surface area contributed by atoms with Crippen molar-refractivity contribution in [1.29, 1.82) is 0 Å². The van der Waals surface area contributed by atoms with Gasteiger partial charge in [0.05, 0.1) is 12.2 Å². The molecule has 0 saturated carbocycles. The van der Waals surface area contributed by atoms with Gasteiger partial charge >= 0.3 is 11.7 Å². The van der Waals surface area contributed by atoms with E-state index in [-0.39, 0.29) is 6.61 Å². The van der Waals surface area contributed by atoms with Crippen molar-refractivity contribution in [3.8, 4) is 11.1 Å². The normalized spacial score (nSPS) is 10.6. The molecule has 0 aliphatic carbocycles. The van der Waals surface area contributed by atoms with E-state index in [9.17, 15) is 9.59 Å². The molecular formula is C19H17NO4. The topological polar surface area (TPSA) is 68.5 Å². The highest BCUT2D eigenvalue weighted by Crippen LogP contribution is 2.28. The van der Waals surface area contributed by atoms with Gasteiger partial charge in [0.25, 0.3) is 0 Å². The molecule has 3 rings (SSSR count). The van der Waals surface area contributed by atoms with Crippen LogP contribution < -0.4 is 10.9 Å². The van der Waals surface area contributed by atoms with E-state index in [4.69, 9.17) is 9.15 Å². The number of hydrogen-bond acceptors (Lipinski definition) is 4. The zero-order valence-corrected chi connectivity index (χ0v) is 13.5. The lowest BCUT2D eigenvalue weighted by atomic mass is 9.99. The quantitative estimate of drug-likeness (QED) is 0.728. The van der Waals surface area contributed by atoms with E-state index < -0.39 is 11.7 Å². The number of fused-ring (bicyclic) bond motifs is 1. The van der Waals surface area contributed by atoms with E-state index in [2.05, 4.69) is 5.32 Å².